The van der Waals surface area contributed by atoms with Crippen LogP contribution in [0.3, 0.4) is 0 Å². The summed E-state index contributed by atoms with van der Waals surface area (Å²) in [7, 11) is -9.93. The summed E-state index contributed by atoms with van der Waals surface area (Å²) in [5.74, 6) is 0. The molecule has 4 N–H and O–H groups in total. The van der Waals surface area contributed by atoms with E-state index in [1.54, 1.807) is 0 Å². The van der Waals surface area contributed by atoms with Gasteiger partial charge in [-0.05, 0) is 17.7 Å². The summed E-state index contributed by atoms with van der Waals surface area (Å²) >= 11 is 0. The van der Waals surface area contributed by atoms with Crippen molar-refractivity contribution in [3.8, 4) is 0 Å². The highest BCUT2D eigenvalue weighted by Gasteiger charge is 2.32. The third kappa shape index (κ3) is 3.92. The molecule has 0 aliphatic rings. The molecule has 1 unspecified atom stereocenters. The van der Waals surface area contributed by atoms with Crippen molar-refractivity contribution < 1.29 is 30.1 Å². The van der Waals surface area contributed by atoms with Crippen molar-refractivity contribution in [3.05, 3.63) is 29.8 Å². The number of nitrogen functional groups attached to an aromatic ring is 1. The van der Waals surface area contributed by atoms with Gasteiger partial charge in [0.15, 0.2) is 0 Å². The van der Waals surface area contributed by atoms with Crippen LogP contribution in [0.15, 0.2) is 24.3 Å². The summed E-state index contributed by atoms with van der Waals surface area (Å²) in [4.78, 5) is 0. The zero-order valence-corrected chi connectivity index (χ0v) is 10.6. The maximum Gasteiger partial charge on any atom is 0.412 e. The van der Waals surface area contributed by atoms with Crippen LogP contribution in [0.2, 0.25) is 0 Å². The highest BCUT2D eigenvalue weighted by Crippen LogP contribution is 2.25. The molecule has 0 aliphatic heterocycles. The van der Waals surface area contributed by atoms with Gasteiger partial charge in [0.25, 0.3) is 10.1 Å². The first-order chi connectivity index (χ1) is 8.15. The van der Waals surface area contributed by atoms with E-state index in [1.165, 1.54) is 24.3 Å². The first-order valence-corrected chi connectivity index (χ1v) is 7.38. The lowest BCUT2D eigenvalue weighted by Crippen LogP contribution is -2.22. The van der Waals surface area contributed by atoms with Gasteiger partial charge in [0, 0.05) is 5.69 Å². The lowest BCUT2D eigenvalue weighted by molar-refractivity contribution is 0.284. The van der Waals surface area contributed by atoms with Crippen molar-refractivity contribution in [2.24, 2.45) is 0 Å². The maximum absolute atomic E-state index is 11.5. The summed E-state index contributed by atoms with van der Waals surface area (Å²) in [5, 5.41) is 7.36. The molecule has 0 radical (unpaired) electrons. The number of aliphatic hydroxyl groups excluding tert-OH is 1. The van der Waals surface area contributed by atoms with E-state index in [4.69, 9.17) is 15.4 Å². The van der Waals surface area contributed by atoms with Crippen molar-refractivity contribution in [3.63, 3.8) is 0 Å². The van der Waals surface area contributed by atoms with Crippen molar-refractivity contribution >= 4 is 26.2 Å². The second kappa shape index (κ2) is 5.20. The molecule has 10 heteroatoms. The molecule has 1 rings (SSSR count). The first kappa shape index (κ1) is 14.9. The van der Waals surface area contributed by atoms with E-state index in [0.29, 0.717) is 0 Å². The molecular weight excluding hydrogens is 286 g/mol. The molecule has 102 valence electrons. The molecule has 18 heavy (non-hydrogen) atoms. The lowest BCUT2D eigenvalue weighted by Gasteiger charge is -2.14. The Bertz CT molecular complexity index is 623. The SMILES string of the molecule is Nc1cccc(C(CO)S(=O)(=O)OS(=O)(=O)O)c1. The van der Waals surface area contributed by atoms with Crippen molar-refractivity contribution in [2.45, 2.75) is 5.25 Å². The Labute approximate surface area is 104 Å². The predicted molar refractivity (Wildman–Crippen MR) is 62.2 cm³/mol. The molecule has 0 amide bonds. The van der Waals surface area contributed by atoms with Gasteiger partial charge < -0.3 is 10.8 Å². The summed E-state index contributed by atoms with van der Waals surface area (Å²) in [5.41, 5.74) is 5.71. The van der Waals surface area contributed by atoms with Crippen LogP contribution in [0.4, 0.5) is 5.69 Å². The molecule has 0 spiro atoms. The van der Waals surface area contributed by atoms with Gasteiger partial charge in [0.1, 0.15) is 5.25 Å². The molecule has 0 aromatic heterocycles. The standard InChI is InChI=1S/C8H11NO7S2/c9-7-3-1-2-6(4-7)8(5-10)17(11,12)16-18(13,14)15/h1-4,8,10H,5,9H2,(H,13,14,15). The number of anilines is 1. The monoisotopic (exact) mass is 297 g/mol. The first-order valence-electron chi connectivity index (χ1n) is 4.54. The number of hydrogen-bond acceptors (Lipinski definition) is 7. The topological polar surface area (TPSA) is 144 Å². The molecule has 0 fully saturated rings. The molecule has 0 saturated heterocycles. The summed E-state index contributed by atoms with van der Waals surface area (Å²) in [6.07, 6.45) is 0. The van der Waals surface area contributed by atoms with Gasteiger partial charge in [0.2, 0.25) is 0 Å². The Morgan fingerprint density at radius 3 is 2.33 bits per heavy atom. The highest BCUT2D eigenvalue weighted by atomic mass is 32.3. The van der Waals surface area contributed by atoms with Crippen LogP contribution >= 0.6 is 0 Å². The Balaban J connectivity index is 3.19. The Kier molecular flexibility index (Phi) is 4.29. The van der Waals surface area contributed by atoms with Crippen LogP contribution in [-0.4, -0.2) is 33.1 Å². The number of hydrogen-bond donors (Lipinski definition) is 3. The lowest BCUT2D eigenvalue weighted by atomic mass is 10.1. The fourth-order valence-electron chi connectivity index (χ4n) is 1.29. The number of aliphatic hydroxyl groups is 1. The smallest absolute Gasteiger partial charge is 0.399 e. The zero-order valence-electron chi connectivity index (χ0n) is 8.92. The van der Waals surface area contributed by atoms with Crippen LogP contribution in [0.5, 0.6) is 0 Å². The van der Waals surface area contributed by atoms with Gasteiger partial charge >= 0.3 is 10.4 Å². The van der Waals surface area contributed by atoms with E-state index in [-0.39, 0.29) is 11.3 Å². The van der Waals surface area contributed by atoms with Gasteiger partial charge in [-0.25, -0.2) is 0 Å². The highest BCUT2D eigenvalue weighted by molar-refractivity contribution is 7.97. The van der Waals surface area contributed by atoms with Crippen LogP contribution in [-0.2, 0) is 24.1 Å². The molecule has 0 bridgehead atoms. The summed E-state index contributed by atoms with van der Waals surface area (Å²) in [6, 6.07) is 5.47. The molecule has 1 aromatic rings. The molecular formula is C8H11NO7S2. The largest absolute Gasteiger partial charge is 0.412 e. The summed E-state index contributed by atoms with van der Waals surface area (Å²) in [6.45, 7) is -0.929. The van der Waals surface area contributed by atoms with E-state index in [9.17, 15) is 16.8 Å². The molecule has 8 nitrogen and oxygen atoms in total. The van der Waals surface area contributed by atoms with Crippen molar-refractivity contribution in [2.75, 3.05) is 12.3 Å². The Morgan fingerprint density at radius 2 is 1.89 bits per heavy atom. The quantitative estimate of drug-likeness (QED) is 0.485. The van der Waals surface area contributed by atoms with Crippen LogP contribution in [0.1, 0.15) is 10.8 Å². The van der Waals surface area contributed by atoms with Crippen molar-refractivity contribution in [1.82, 2.24) is 0 Å². The van der Waals surface area contributed by atoms with Gasteiger partial charge in [0.05, 0.1) is 6.61 Å². The third-order valence-corrected chi connectivity index (χ3v) is 4.54. The van der Waals surface area contributed by atoms with Gasteiger partial charge in [-0.1, -0.05) is 12.1 Å². The minimum Gasteiger partial charge on any atom is -0.399 e. The zero-order chi connectivity index (χ0) is 14.0. The minimum atomic E-state index is -5.19. The van der Waals surface area contributed by atoms with Crippen LogP contribution in [0, 0.1) is 0 Å². The molecule has 1 atom stereocenters. The van der Waals surface area contributed by atoms with Crippen LogP contribution in [0.25, 0.3) is 0 Å². The fourth-order valence-corrected chi connectivity index (χ4v) is 3.29. The summed E-state index contributed by atoms with van der Waals surface area (Å²) < 4.78 is 55.8. The third-order valence-electron chi connectivity index (χ3n) is 1.98. The number of benzene rings is 1. The second-order valence-corrected chi connectivity index (χ2v) is 6.28. The Morgan fingerprint density at radius 1 is 1.28 bits per heavy atom. The molecule has 0 heterocycles. The van der Waals surface area contributed by atoms with E-state index in [2.05, 4.69) is 3.63 Å². The number of rotatable bonds is 5. The predicted octanol–water partition coefficient (Wildman–Crippen LogP) is -0.549. The second-order valence-electron chi connectivity index (χ2n) is 3.33. The van der Waals surface area contributed by atoms with E-state index >= 15 is 0 Å². The fraction of sp³-hybridized carbons (Fsp3) is 0.250. The van der Waals surface area contributed by atoms with E-state index in [0.717, 1.165) is 0 Å². The van der Waals surface area contributed by atoms with Gasteiger partial charge in [-0.2, -0.15) is 16.8 Å². The Hall–Kier alpha value is -1.20. The molecule has 0 saturated carbocycles. The number of nitrogens with two attached hydrogens (primary N) is 1. The van der Waals surface area contributed by atoms with Gasteiger partial charge in [-0.3, -0.25) is 4.55 Å². The van der Waals surface area contributed by atoms with E-state index in [1.807, 2.05) is 0 Å². The van der Waals surface area contributed by atoms with Gasteiger partial charge in [-0.15, -0.1) is 3.63 Å². The van der Waals surface area contributed by atoms with Crippen LogP contribution < -0.4 is 5.73 Å². The maximum atomic E-state index is 11.5. The average Bonchev–Trinajstić information content (AvgIpc) is 2.13. The molecule has 0 aliphatic carbocycles. The van der Waals surface area contributed by atoms with E-state index < -0.39 is 32.4 Å². The molecule has 1 aromatic carbocycles. The normalized spacial score (nSPS) is 14.3. The minimum absolute atomic E-state index is 0.0427. The average molecular weight is 297 g/mol. The van der Waals surface area contributed by atoms with Crippen molar-refractivity contribution in [1.29, 1.82) is 0 Å².